The van der Waals surface area contributed by atoms with E-state index in [1.54, 1.807) is 0 Å². The summed E-state index contributed by atoms with van der Waals surface area (Å²) in [5, 5.41) is 0.758. The number of hydrogen-bond donors (Lipinski definition) is 1. The number of benzene rings is 2. The Hall–Kier alpha value is -1.51. The van der Waals surface area contributed by atoms with Crippen LogP contribution in [0.4, 0.5) is 5.69 Å². The van der Waals surface area contributed by atoms with Gasteiger partial charge in [-0.3, -0.25) is 0 Å². The number of nitrogens with zero attached hydrogens (tertiary/aromatic N) is 1. The van der Waals surface area contributed by atoms with Crippen LogP contribution in [-0.2, 0) is 13.0 Å². The second kappa shape index (κ2) is 6.78. The Morgan fingerprint density at radius 2 is 1.85 bits per heavy atom. The van der Waals surface area contributed by atoms with E-state index in [0.717, 1.165) is 23.7 Å². The maximum atomic E-state index is 6.14. The normalized spacial score (nSPS) is 12.2. The summed E-state index contributed by atoms with van der Waals surface area (Å²) < 4.78 is 0. The molecule has 1 atom stereocenters. The summed E-state index contributed by atoms with van der Waals surface area (Å²) >= 11 is 6.14. The maximum absolute atomic E-state index is 6.14. The zero-order valence-corrected chi connectivity index (χ0v) is 12.8. The first-order chi connectivity index (χ1) is 9.56. The van der Waals surface area contributed by atoms with Crippen molar-refractivity contribution < 1.29 is 0 Å². The second-order valence-electron chi connectivity index (χ2n) is 5.30. The molecule has 0 aliphatic carbocycles. The summed E-state index contributed by atoms with van der Waals surface area (Å²) in [6.07, 6.45) is 0.853. The van der Waals surface area contributed by atoms with Crippen molar-refractivity contribution in [3.05, 3.63) is 64.7 Å². The van der Waals surface area contributed by atoms with Gasteiger partial charge in [-0.2, -0.15) is 0 Å². The van der Waals surface area contributed by atoms with Gasteiger partial charge in [-0.05, 0) is 36.6 Å². The summed E-state index contributed by atoms with van der Waals surface area (Å²) in [6, 6.07) is 16.6. The van der Waals surface area contributed by atoms with Gasteiger partial charge in [0.25, 0.3) is 0 Å². The Bertz CT molecular complexity index is 552. The monoisotopic (exact) mass is 288 g/mol. The molecule has 2 nitrogen and oxygen atoms in total. The molecule has 3 heteroatoms. The number of rotatable bonds is 5. The molecule has 0 spiro atoms. The van der Waals surface area contributed by atoms with Crippen molar-refractivity contribution in [2.45, 2.75) is 25.9 Å². The van der Waals surface area contributed by atoms with Gasteiger partial charge in [-0.15, -0.1) is 0 Å². The minimum atomic E-state index is 0.139. The lowest BCUT2D eigenvalue weighted by molar-refractivity contribution is 0.734. The third kappa shape index (κ3) is 3.99. The van der Waals surface area contributed by atoms with Crippen molar-refractivity contribution in [1.82, 2.24) is 0 Å². The molecule has 2 aromatic rings. The highest BCUT2D eigenvalue weighted by Gasteiger charge is 2.10. The van der Waals surface area contributed by atoms with Crippen LogP contribution >= 0.6 is 11.6 Å². The highest BCUT2D eigenvalue weighted by Crippen LogP contribution is 2.26. The van der Waals surface area contributed by atoms with E-state index < -0.39 is 0 Å². The second-order valence-corrected chi connectivity index (χ2v) is 5.73. The minimum absolute atomic E-state index is 0.139. The van der Waals surface area contributed by atoms with Crippen LogP contribution in [0.2, 0.25) is 5.02 Å². The highest BCUT2D eigenvalue weighted by molar-refractivity contribution is 6.30. The van der Waals surface area contributed by atoms with Gasteiger partial charge in [0.05, 0.1) is 0 Å². The molecule has 0 radical (unpaired) electrons. The van der Waals surface area contributed by atoms with E-state index in [4.69, 9.17) is 17.3 Å². The molecule has 2 aromatic carbocycles. The third-order valence-corrected chi connectivity index (χ3v) is 3.50. The fraction of sp³-hybridized carbons (Fsp3) is 0.294. The van der Waals surface area contributed by atoms with Crippen molar-refractivity contribution in [3.8, 4) is 0 Å². The number of hydrogen-bond acceptors (Lipinski definition) is 2. The van der Waals surface area contributed by atoms with Crippen LogP contribution < -0.4 is 10.6 Å². The molecule has 0 amide bonds. The summed E-state index contributed by atoms with van der Waals surface area (Å²) in [7, 11) is 2.09. The van der Waals surface area contributed by atoms with Crippen molar-refractivity contribution in [2.24, 2.45) is 5.73 Å². The first-order valence-corrected chi connectivity index (χ1v) is 7.23. The zero-order chi connectivity index (χ0) is 14.5. The van der Waals surface area contributed by atoms with Gasteiger partial charge < -0.3 is 10.6 Å². The Labute approximate surface area is 126 Å². The van der Waals surface area contributed by atoms with Crippen LogP contribution in [0.25, 0.3) is 0 Å². The molecular weight excluding hydrogens is 268 g/mol. The van der Waals surface area contributed by atoms with Crippen LogP contribution in [0.15, 0.2) is 48.5 Å². The molecule has 0 fully saturated rings. The molecule has 0 saturated carbocycles. The van der Waals surface area contributed by atoms with E-state index in [1.807, 2.05) is 25.1 Å². The molecule has 0 heterocycles. The minimum Gasteiger partial charge on any atom is -0.370 e. The van der Waals surface area contributed by atoms with Gasteiger partial charge in [-0.25, -0.2) is 0 Å². The first-order valence-electron chi connectivity index (χ1n) is 6.85. The van der Waals surface area contributed by atoms with Crippen molar-refractivity contribution in [2.75, 3.05) is 11.9 Å². The Morgan fingerprint density at radius 3 is 2.50 bits per heavy atom. The summed E-state index contributed by atoms with van der Waals surface area (Å²) in [4.78, 5) is 2.22. The number of anilines is 1. The molecule has 0 aromatic heterocycles. The summed E-state index contributed by atoms with van der Waals surface area (Å²) in [6.45, 7) is 2.88. The van der Waals surface area contributed by atoms with Crippen LogP contribution in [0.5, 0.6) is 0 Å². The predicted molar refractivity (Wildman–Crippen MR) is 87.4 cm³/mol. The lowest BCUT2D eigenvalue weighted by Gasteiger charge is -2.23. The predicted octanol–water partition coefficient (Wildman–Crippen LogP) is 3.87. The van der Waals surface area contributed by atoms with E-state index in [9.17, 15) is 0 Å². The molecule has 2 N–H and O–H groups in total. The molecule has 20 heavy (non-hydrogen) atoms. The van der Waals surface area contributed by atoms with Crippen molar-refractivity contribution in [3.63, 3.8) is 0 Å². The fourth-order valence-electron chi connectivity index (χ4n) is 2.35. The standard InChI is InChI=1S/C17H21ClN2/c1-13(19)10-15-8-9-16(18)11-17(15)20(2)12-14-6-4-3-5-7-14/h3-9,11,13H,10,12,19H2,1-2H3. The molecule has 1 unspecified atom stereocenters. The SMILES string of the molecule is CC(N)Cc1ccc(Cl)cc1N(C)Cc1ccccc1. The van der Waals surface area contributed by atoms with E-state index in [1.165, 1.54) is 11.1 Å². The average Bonchev–Trinajstić information content (AvgIpc) is 2.41. The lowest BCUT2D eigenvalue weighted by atomic mass is 10.0. The summed E-state index contributed by atoms with van der Waals surface area (Å²) in [5.41, 5.74) is 9.60. The van der Waals surface area contributed by atoms with Gasteiger partial charge in [0.15, 0.2) is 0 Å². The molecule has 0 aliphatic rings. The van der Waals surface area contributed by atoms with Crippen molar-refractivity contribution >= 4 is 17.3 Å². The van der Waals surface area contributed by atoms with Gasteiger partial charge >= 0.3 is 0 Å². The van der Waals surface area contributed by atoms with Crippen molar-refractivity contribution in [1.29, 1.82) is 0 Å². The van der Waals surface area contributed by atoms with Gasteiger partial charge in [0.2, 0.25) is 0 Å². The Morgan fingerprint density at radius 1 is 1.15 bits per heavy atom. The number of halogens is 1. The topological polar surface area (TPSA) is 29.3 Å². The maximum Gasteiger partial charge on any atom is 0.0426 e. The molecule has 0 aliphatic heterocycles. The number of nitrogens with two attached hydrogens (primary N) is 1. The quantitative estimate of drug-likeness (QED) is 0.905. The summed E-state index contributed by atoms with van der Waals surface area (Å²) in [5.74, 6) is 0. The molecule has 0 bridgehead atoms. The molecule has 0 saturated heterocycles. The van der Waals surface area contributed by atoms with E-state index in [-0.39, 0.29) is 6.04 Å². The van der Waals surface area contributed by atoms with E-state index in [0.29, 0.717) is 0 Å². The first kappa shape index (κ1) is 14.9. The lowest BCUT2D eigenvalue weighted by Crippen LogP contribution is -2.22. The average molecular weight is 289 g/mol. The Balaban J connectivity index is 2.23. The molecular formula is C17H21ClN2. The van der Waals surface area contributed by atoms with Crippen LogP contribution in [-0.4, -0.2) is 13.1 Å². The van der Waals surface area contributed by atoms with E-state index in [2.05, 4.69) is 42.3 Å². The third-order valence-electron chi connectivity index (χ3n) is 3.26. The molecule has 2 rings (SSSR count). The smallest absolute Gasteiger partial charge is 0.0426 e. The van der Waals surface area contributed by atoms with Crippen LogP contribution in [0.3, 0.4) is 0 Å². The Kier molecular flexibility index (Phi) is 5.05. The fourth-order valence-corrected chi connectivity index (χ4v) is 2.52. The largest absolute Gasteiger partial charge is 0.370 e. The van der Waals surface area contributed by atoms with E-state index >= 15 is 0 Å². The van der Waals surface area contributed by atoms with Gasteiger partial charge in [0, 0.05) is 30.3 Å². The molecule has 106 valence electrons. The van der Waals surface area contributed by atoms with Gasteiger partial charge in [-0.1, -0.05) is 48.0 Å². The zero-order valence-electron chi connectivity index (χ0n) is 12.0. The highest BCUT2D eigenvalue weighted by atomic mass is 35.5. The van der Waals surface area contributed by atoms with Crippen LogP contribution in [0.1, 0.15) is 18.1 Å². The van der Waals surface area contributed by atoms with Gasteiger partial charge in [0.1, 0.15) is 0 Å². The van der Waals surface area contributed by atoms with Crippen LogP contribution in [0, 0.1) is 0 Å².